The Morgan fingerprint density at radius 1 is 1.03 bits per heavy atom. The van der Waals surface area contributed by atoms with Gasteiger partial charge in [-0.25, -0.2) is 0 Å². The number of nitrogens with one attached hydrogen (secondary N) is 2. The van der Waals surface area contributed by atoms with Crippen molar-refractivity contribution in [3.05, 3.63) is 73.7 Å². The van der Waals surface area contributed by atoms with Crippen LogP contribution in [-0.2, 0) is 0 Å². The van der Waals surface area contributed by atoms with Gasteiger partial charge in [0.05, 0.1) is 32.5 Å². The molecule has 1 unspecified atom stereocenters. The number of carbonyl (C=O) groups is 1. The van der Waals surface area contributed by atoms with E-state index in [-0.39, 0.29) is 37.7 Å². The summed E-state index contributed by atoms with van der Waals surface area (Å²) >= 11 is 22.3. The molecule has 0 aromatic heterocycles. The number of rotatable bonds is 7. The highest BCUT2D eigenvalue weighted by Gasteiger charge is 2.39. The van der Waals surface area contributed by atoms with Crippen LogP contribution in [0.3, 0.4) is 0 Å². The molecule has 0 bridgehead atoms. The zero-order valence-electron chi connectivity index (χ0n) is 17.8. The van der Waals surface area contributed by atoms with Crippen molar-refractivity contribution in [1.82, 2.24) is 10.6 Å². The summed E-state index contributed by atoms with van der Waals surface area (Å²) in [5, 5.41) is 4.09. The van der Waals surface area contributed by atoms with E-state index in [0.29, 0.717) is 11.1 Å². The Morgan fingerprint density at radius 3 is 2.14 bits per heavy atom. The lowest BCUT2D eigenvalue weighted by Crippen LogP contribution is -2.40. The molecule has 2 aromatic rings. The molecule has 0 saturated heterocycles. The monoisotopic (exact) mass is 576 g/mol. The third-order valence-electron chi connectivity index (χ3n) is 4.59. The second kappa shape index (κ2) is 11.8. The van der Waals surface area contributed by atoms with Crippen LogP contribution in [0.5, 0.6) is 0 Å². The molecule has 2 rings (SSSR count). The number of benzene rings is 2. The van der Waals surface area contributed by atoms with E-state index in [9.17, 15) is 31.1 Å². The summed E-state index contributed by atoms with van der Waals surface area (Å²) in [6.07, 6.45) is -6.94. The Balaban J connectivity index is 2.15. The summed E-state index contributed by atoms with van der Waals surface area (Å²) in [4.78, 5) is 12.1. The molecule has 190 valence electrons. The van der Waals surface area contributed by atoms with Crippen LogP contribution in [0.2, 0.25) is 15.1 Å². The predicted octanol–water partition coefficient (Wildman–Crippen LogP) is 7.52. The summed E-state index contributed by atoms with van der Waals surface area (Å²) in [6, 6.07) is 6.47. The number of hydrogen-bond acceptors (Lipinski definition) is 2. The number of allylic oxidation sites excluding steroid dienone is 1. The molecule has 0 aliphatic heterocycles. The van der Waals surface area contributed by atoms with Gasteiger partial charge in [0.25, 0.3) is 5.91 Å². The summed E-state index contributed by atoms with van der Waals surface area (Å²) in [6.45, 7) is -0.0770. The van der Waals surface area contributed by atoms with Crippen LogP contribution in [0.25, 0.3) is 6.08 Å². The lowest BCUT2D eigenvalue weighted by molar-refractivity contribution is -0.139. The average molecular weight is 578 g/mol. The minimum Gasteiger partial charge on any atom is -0.369 e. The van der Waals surface area contributed by atoms with Crippen molar-refractivity contribution in [3.8, 4) is 0 Å². The summed E-state index contributed by atoms with van der Waals surface area (Å²) in [5.74, 6) is -2.63. The first-order chi connectivity index (χ1) is 16.1. The Kier molecular flexibility index (Phi) is 9.87. The molecule has 0 aliphatic carbocycles. The SMILES string of the molecule is Cc1cc(/C=C/C(c2cc(Cl)c(Cl)c(Cl)c2)C(F)(F)F)ccc1C(=O)NCC(=S)NCC(F)(F)F. The van der Waals surface area contributed by atoms with Crippen LogP contribution < -0.4 is 10.6 Å². The quantitative estimate of drug-likeness (QED) is 0.203. The van der Waals surface area contributed by atoms with Crippen molar-refractivity contribution < 1.29 is 31.1 Å². The molecule has 0 aliphatic rings. The van der Waals surface area contributed by atoms with Gasteiger partial charge in [-0.3, -0.25) is 4.79 Å². The predicted molar refractivity (Wildman–Crippen MR) is 129 cm³/mol. The van der Waals surface area contributed by atoms with Crippen molar-refractivity contribution in [1.29, 1.82) is 0 Å². The molecule has 0 radical (unpaired) electrons. The molecular weight excluding hydrogens is 561 g/mol. The second-order valence-corrected chi connectivity index (χ2v) is 9.01. The molecule has 13 heteroatoms. The van der Waals surface area contributed by atoms with Gasteiger partial charge in [0.15, 0.2) is 0 Å². The second-order valence-electron chi connectivity index (χ2n) is 7.33. The lowest BCUT2D eigenvalue weighted by Gasteiger charge is -2.18. The Labute approximate surface area is 217 Å². The van der Waals surface area contributed by atoms with Gasteiger partial charge in [-0.1, -0.05) is 71.3 Å². The lowest BCUT2D eigenvalue weighted by atomic mass is 9.96. The van der Waals surface area contributed by atoms with Crippen molar-refractivity contribution in [2.75, 3.05) is 13.1 Å². The zero-order chi connectivity index (χ0) is 26.6. The largest absolute Gasteiger partial charge is 0.405 e. The van der Waals surface area contributed by atoms with E-state index in [1.807, 2.05) is 5.32 Å². The van der Waals surface area contributed by atoms with E-state index in [1.165, 1.54) is 24.3 Å². The maximum Gasteiger partial charge on any atom is 0.405 e. The fraction of sp³-hybridized carbons (Fsp3) is 0.273. The van der Waals surface area contributed by atoms with Crippen LogP contribution in [0.1, 0.15) is 33.0 Å². The maximum absolute atomic E-state index is 13.7. The maximum atomic E-state index is 13.7. The van der Waals surface area contributed by atoms with Crippen LogP contribution in [0, 0.1) is 6.92 Å². The van der Waals surface area contributed by atoms with Gasteiger partial charge in [0, 0.05) is 5.56 Å². The molecule has 2 aromatic carbocycles. The molecule has 1 atom stereocenters. The Bertz CT molecular complexity index is 1110. The van der Waals surface area contributed by atoms with Crippen LogP contribution in [0.4, 0.5) is 26.3 Å². The first kappa shape index (κ1) is 29.2. The van der Waals surface area contributed by atoms with Crippen molar-refractivity contribution in [3.63, 3.8) is 0 Å². The fourth-order valence-electron chi connectivity index (χ4n) is 2.93. The minimum absolute atomic E-state index is 0.0524. The smallest absolute Gasteiger partial charge is 0.369 e. The normalized spacial score (nSPS) is 13.1. The highest BCUT2D eigenvalue weighted by atomic mass is 35.5. The van der Waals surface area contributed by atoms with Gasteiger partial charge in [-0.2, -0.15) is 26.3 Å². The molecule has 2 N–H and O–H groups in total. The van der Waals surface area contributed by atoms with Crippen molar-refractivity contribution >= 4 is 64.0 Å². The molecule has 1 amide bonds. The number of aryl methyl sites for hydroxylation is 1. The van der Waals surface area contributed by atoms with E-state index < -0.39 is 30.7 Å². The Morgan fingerprint density at radius 2 is 1.63 bits per heavy atom. The molecule has 0 heterocycles. The van der Waals surface area contributed by atoms with Crippen LogP contribution in [-0.4, -0.2) is 36.3 Å². The van der Waals surface area contributed by atoms with Crippen LogP contribution in [0.15, 0.2) is 36.4 Å². The van der Waals surface area contributed by atoms with Gasteiger partial charge in [0.2, 0.25) is 0 Å². The average Bonchev–Trinajstić information content (AvgIpc) is 2.73. The van der Waals surface area contributed by atoms with Crippen molar-refractivity contribution in [2.45, 2.75) is 25.2 Å². The molecule has 0 spiro atoms. The summed E-state index contributed by atoms with van der Waals surface area (Å²) in [5.41, 5.74) is 0.794. The first-order valence-corrected chi connectivity index (χ1v) is 11.2. The highest BCUT2D eigenvalue weighted by molar-refractivity contribution is 7.80. The van der Waals surface area contributed by atoms with Crippen molar-refractivity contribution in [2.24, 2.45) is 0 Å². The number of hydrogen-bond donors (Lipinski definition) is 2. The summed E-state index contributed by atoms with van der Waals surface area (Å²) < 4.78 is 77.7. The Hall–Kier alpha value is -2.01. The number of halogens is 9. The number of thiocarbonyl (C=S) groups is 1. The highest BCUT2D eigenvalue weighted by Crippen LogP contribution is 2.41. The van der Waals surface area contributed by atoms with Gasteiger partial charge in [0.1, 0.15) is 6.54 Å². The number of amides is 1. The molecule has 35 heavy (non-hydrogen) atoms. The van der Waals surface area contributed by atoms with E-state index in [2.05, 4.69) is 5.32 Å². The van der Waals surface area contributed by atoms with Gasteiger partial charge >= 0.3 is 12.4 Å². The topological polar surface area (TPSA) is 41.1 Å². The first-order valence-electron chi connectivity index (χ1n) is 9.70. The standard InChI is InChI=1S/C22H17Cl3F6N2OS/c1-11-6-12(2-4-14(11)20(34)32-9-18(35)33-10-21(26,27)28)3-5-15(22(29,30)31)13-7-16(23)19(25)17(24)8-13/h2-8,15H,9-10H2,1H3,(H,32,34)(H,33,35)/b5-3+. The fourth-order valence-corrected chi connectivity index (χ4v) is 3.69. The van der Waals surface area contributed by atoms with Gasteiger partial charge in [-0.15, -0.1) is 0 Å². The third-order valence-corrected chi connectivity index (χ3v) is 6.08. The van der Waals surface area contributed by atoms with Gasteiger partial charge < -0.3 is 10.6 Å². The van der Waals surface area contributed by atoms with E-state index in [1.54, 1.807) is 6.92 Å². The van der Waals surface area contributed by atoms with Gasteiger partial charge in [-0.05, 0) is 41.8 Å². The number of carbonyl (C=O) groups excluding carboxylic acids is 1. The van der Waals surface area contributed by atoms with E-state index in [0.717, 1.165) is 18.2 Å². The third kappa shape index (κ3) is 8.86. The number of alkyl halides is 6. The minimum atomic E-state index is -4.65. The van der Waals surface area contributed by atoms with Crippen LogP contribution >= 0.6 is 47.0 Å². The zero-order valence-corrected chi connectivity index (χ0v) is 20.8. The molecule has 3 nitrogen and oxygen atoms in total. The van der Waals surface area contributed by atoms with E-state index >= 15 is 0 Å². The van der Waals surface area contributed by atoms with E-state index in [4.69, 9.17) is 47.0 Å². The molecular formula is C22H17Cl3F6N2OS. The molecule has 0 saturated carbocycles. The molecule has 0 fully saturated rings. The summed E-state index contributed by atoms with van der Waals surface area (Å²) in [7, 11) is 0.